The lowest BCUT2D eigenvalue weighted by molar-refractivity contribution is 0.240. The Bertz CT molecular complexity index is 196. The van der Waals surface area contributed by atoms with Crippen LogP contribution in [0.4, 0.5) is 0 Å². The average molecular weight is 367 g/mol. The van der Waals surface area contributed by atoms with Crippen LogP contribution in [0.15, 0.2) is 0 Å². The van der Waals surface area contributed by atoms with Gasteiger partial charge in [-0.2, -0.15) is 0 Å². The molecule has 0 spiro atoms. The largest absolute Gasteiger partial charge is 0.331 e. The topological polar surface area (TPSA) is 38.8 Å². The fourth-order valence-corrected chi connectivity index (χ4v) is 3.98. The number of halogens is 1. The Morgan fingerprint density at radius 2 is 2.07 bits per heavy atom. The first kappa shape index (κ1) is 16.2. The minimum atomic E-state index is -2.83. The van der Waals surface area contributed by atoms with E-state index < -0.39 is 7.60 Å². The summed E-state index contributed by atoms with van der Waals surface area (Å²) in [6.45, 7) is 3.13. The highest BCUT2D eigenvalue weighted by Crippen LogP contribution is 2.49. The number of hydrogen-bond acceptors (Lipinski definition) is 5. The van der Waals surface area contributed by atoms with Crippen LogP contribution in [0.1, 0.15) is 19.8 Å². The molecule has 0 bridgehead atoms. The fraction of sp³-hybridized carbons (Fsp3) is 1.00. The molecule has 0 rings (SSSR count). The van der Waals surface area contributed by atoms with Crippen LogP contribution in [-0.4, -0.2) is 35.3 Å². The molecule has 0 aromatic carbocycles. The molecule has 15 heavy (non-hydrogen) atoms. The molecule has 0 fully saturated rings. The standard InChI is InChI=1S/C8H19INO3PS/c1-3-12-14(11,13-8-9)7-5-4-6-10(2)15/h15H,3-8H2,1-2H3. The molecule has 7 heteroatoms. The van der Waals surface area contributed by atoms with Gasteiger partial charge in [0.2, 0.25) is 0 Å². The summed E-state index contributed by atoms with van der Waals surface area (Å²) in [5, 5.41) is 0. The predicted octanol–water partition coefficient (Wildman–Crippen LogP) is 3.18. The van der Waals surface area contributed by atoms with E-state index in [2.05, 4.69) is 12.8 Å². The Morgan fingerprint density at radius 1 is 1.40 bits per heavy atom. The highest BCUT2D eigenvalue weighted by atomic mass is 127. The summed E-state index contributed by atoms with van der Waals surface area (Å²) < 4.78 is 24.5. The Morgan fingerprint density at radius 3 is 2.53 bits per heavy atom. The van der Waals surface area contributed by atoms with E-state index in [1.807, 2.05) is 40.9 Å². The van der Waals surface area contributed by atoms with E-state index in [0.717, 1.165) is 19.4 Å². The minimum Gasteiger partial charge on any atom is -0.309 e. The highest BCUT2D eigenvalue weighted by Gasteiger charge is 2.22. The van der Waals surface area contributed by atoms with E-state index >= 15 is 0 Å². The number of hydrogen-bond donors (Lipinski definition) is 1. The molecular formula is C8H19INO3PS. The number of nitrogens with zero attached hydrogens (tertiary/aromatic N) is 1. The van der Waals surface area contributed by atoms with Crippen molar-refractivity contribution in [2.45, 2.75) is 19.8 Å². The van der Waals surface area contributed by atoms with Gasteiger partial charge in [0.1, 0.15) is 4.61 Å². The molecule has 0 radical (unpaired) electrons. The molecule has 0 aromatic rings. The smallest absolute Gasteiger partial charge is 0.309 e. The van der Waals surface area contributed by atoms with E-state index in [1.54, 1.807) is 0 Å². The first-order valence-corrected chi connectivity index (χ1v) is 8.53. The number of unbranched alkanes of at least 4 members (excludes halogenated alkanes) is 1. The fourth-order valence-electron chi connectivity index (χ4n) is 1.08. The Hall–Kier alpha value is 1.19. The number of rotatable bonds is 9. The van der Waals surface area contributed by atoms with Crippen LogP contribution in [0.2, 0.25) is 0 Å². The number of alkyl halides is 1. The SMILES string of the molecule is CCOP(=O)(CCCCN(C)S)OCI. The summed E-state index contributed by atoms with van der Waals surface area (Å²) >= 11 is 6.16. The maximum Gasteiger partial charge on any atom is 0.331 e. The van der Waals surface area contributed by atoms with Crippen molar-refractivity contribution in [3.63, 3.8) is 0 Å². The van der Waals surface area contributed by atoms with Gasteiger partial charge in [-0.05, 0) is 26.8 Å². The summed E-state index contributed by atoms with van der Waals surface area (Å²) in [6, 6.07) is 0. The van der Waals surface area contributed by atoms with Crippen molar-refractivity contribution < 1.29 is 13.6 Å². The van der Waals surface area contributed by atoms with Crippen LogP contribution < -0.4 is 0 Å². The molecule has 0 aliphatic carbocycles. The summed E-state index contributed by atoms with van der Waals surface area (Å²) in [7, 11) is -0.935. The van der Waals surface area contributed by atoms with Gasteiger partial charge in [0.15, 0.2) is 0 Å². The molecule has 92 valence electrons. The number of thiol groups is 1. The molecule has 1 unspecified atom stereocenters. The monoisotopic (exact) mass is 367 g/mol. The van der Waals surface area contributed by atoms with Crippen molar-refractivity contribution in [2.75, 3.05) is 31.0 Å². The second-order valence-electron chi connectivity index (χ2n) is 3.08. The third-order valence-electron chi connectivity index (χ3n) is 1.73. The van der Waals surface area contributed by atoms with Crippen LogP contribution >= 0.6 is 43.0 Å². The zero-order chi connectivity index (χ0) is 11.7. The molecule has 0 heterocycles. The lowest BCUT2D eigenvalue weighted by atomic mass is 10.3. The average Bonchev–Trinajstić information content (AvgIpc) is 2.13. The van der Waals surface area contributed by atoms with Gasteiger partial charge in [0, 0.05) is 6.54 Å². The van der Waals surface area contributed by atoms with Gasteiger partial charge in [-0.25, -0.2) is 0 Å². The van der Waals surface area contributed by atoms with Gasteiger partial charge in [-0.3, -0.25) is 13.4 Å². The first-order chi connectivity index (χ1) is 7.04. The Balaban J connectivity index is 3.80. The maximum atomic E-state index is 12.0. The van der Waals surface area contributed by atoms with E-state index in [1.165, 1.54) is 0 Å². The van der Waals surface area contributed by atoms with E-state index in [0.29, 0.717) is 17.4 Å². The molecule has 0 saturated heterocycles. The molecule has 0 amide bonds. The van der Waals surface area contributed by atoms with Crippen molar-refractivity contribution in [1.29, 1.82) is 0 Å². The zero-order valence-corrected chi connectivity index (χ0v) is 13.1. The van der Waals surface area contributed by atoms with Crippen molar-refractivity contribution in [2.24, 2.45) is 0 Å². The summed E-state index contributed by atoms with van der Waals surface area (Å²) in [5.74, 6) is 0. The first-order valence-electron chi connectivity index (χ1n) is 4.88. The van der Waals surface area contributed by atoms with Gasteiger partial charge in [-0.1, -0.05) is 35.4 Å². The van der Waals surface area contributed by atoms with Crippen molar-refractivity contribution >= 4 is 43.0 Å². The molecule has 0 N–H and O–H groups in total. The lowest BCUT2D eigenvalue weighted by Crippen LogP contribution is -2.08. The second kappa shape index (κ2) is 9.24. The van der Waals surface area contributed by atoms with Gasteiger partial charge >= 0.3 is 7.60 Å². The molecule has 0 saturated carbocycles. The Labute approximate surface area is 111 Å². The van der Waals surface area contributed by atoms with Gasteiger partial charge in [0.05, 0.1) is 12.8 Å². The summed E-state index contributed by atoms with van der Waals surface area (Å²) in [5.41, 5.74) is 0. The van der Waals surface area contributed by atoms with Crippen LogP contribution in [0.3, 0.4) is 0 Å². The van der Waals surface area contributed by atoms with E-state index in [4.69, 9.17) is 9.05 Å². The molecule has 0 aliphatic heterocycles. The van der Waals surface area contributed by atoms with Gasteiger partial charge in [0.25, 0.3) is 0 Å². The zero-order valence-electron chi connectivity index (χ0n) is 9.19. The van der Waals surface area contributed by atoms with E-state index in [9.17, 15) is 4.57 Å². The quantitative estimate of drug-likeness (QED) is 0.223. The third-order valence-corrected chi connectivity index (χ3v) is 4.78. The minimum absolute atomic E-state index is 0.404. The highest BCUT2D eigenvalue weighted by molar-refractivity contribution is 14.1. The van der Waals surface area contributed by atoms with E-state index in [-0.39, 0.29) is 0 Å². The van der Waals surface area contributed by atoms with Gasteiger partial charge < -0.3 is 4.52 Å². The Kier molecular flexibility index (Phi) is 9.98. The molecule has 0 aromatic heterocycles. The van der Waals surface area contributed by atoms with Crippen molar-refractivity contribution in [3.05, 3.63) is 0 Å². The molecular weight excluding hydrogens is 348 g/mol. The predicted molar refractivity (Wildman–Crippen MR) is 74.9 cm³/mol. The molecule has 1 atom stereocenters. The lowest BCUT2D eigenvalue weighted by Gasteiger charge is -2.16. The molecule has 4 nitrogen and oxygen atoms in total. The van der Waals surface area contributed by atoms with Crippen LogP contribution in [0, 0.1) is 0 Å². The normalized spacial score (nSPS) is 15.5. The van der Waals surface area contributed by atoms with Crippen molar-refractivity contribution in [1.82, 2.24) is 4.31 Å². The summed E-state index contributed by atoms with van der Waals surface area (Å²) in [6.07, 6.45) is 2.27. The summed E-state index contributed by atoms with van der Waals surface area (Å²) in [4.78, 5) is 0. The molecule has 0 aliphatic rings. The van der Waals surface area contributed by atoms with Crippen LogP contribution in [-0.2, 0) is 13.6 Å². The third kappa shape index (κ3) is 8.94. The van der Waals surface area contributed by atoms with Gasteiger partial charge in [-0.15, -0.1) is 0 Å². The van der Waals surface area contributed by atoms with Crippen LogP contribution in [0.25, 0.3) is 0 Å². The van der Waals surface area contributed by atoms with Crippen molar-refractivity contribution in [3.8, 4) is 0 Å². The van der Waals surface area contributed by atoms with Crippen LogP contribution in [0.5, 0.6) is 0 Å². The second-order valence-corrected chi connectivity index (χ2v) is 6.57. The maximum absolute atomic E-state index is 12.0.